The van der Waals surface area contributed by atoms with Crippen LogP contribution in [0.1, 0.15) is 13.8 Å². The van der Waals surface area contributed by atoms with Crippen molar-refractivity contribution in [1.29, 1.82) is 0 Å². The molecule has 3 nitrogen and oxygen atoms in total. The number of hydrogen-bond acceptors (Lipinski definition) is 4. The van der Waals surface area contributed by atoms with Crippen LogP contribution in [0.5, 0.6) is 0 Å². The van der Waals surface area contributed by atoms with E-state index in [0.717, 1.165) is 6.92 Å². The summed E-state index contributed by atoms with van der Waals surface area (Å²) in [6.07, 6.45) is -5.15. The van der Waals surface area contributed by atoms with E-state index in [4.69, 9.17) is 0 Å². The molecule has 0 saturated carbocycles. The molecule has 98 valence electrons. The molecule has 0 atom stereocenters. The van der Waals surface area contributed by atoms with Crippen LogP contribution in [0.25, 0.3) is 0 Å². The molecular weight excluding hydrogens is 264 g/mol. The third-order valence-corrected chi connectivity index (χ3v) is 2.37. The smallest absolute Gasteiger partial charge is 0.426 e. The fourth-order valence-electron chi connectivity index (χ4n) is 0.748. The van der Waals surface area contributed by atoms with Crippen LogP contribution in [0.3, 0.4) is 0 Å². The minimum Gasteiger partial charge on any atom is -0.462 e. The predicted octanol–water partition coefficient (Wildman–Crippen LogP) is 2.62. The Hall–Kier alpha value is -1.05. The molecule has 0 amide bonds. The minimum absolute atomic E-state index is 0.0163. The van der Waals surface area contributed by atoms with Gasteiger partial charge in [-0.2, -0.15) is 17.6 Å². The van der Waals surface area contributed by atoms with Crippen molar-refractivity contribution in [2.75, 3.05) is 12.4 Å². The first-order valence-corrected chi connectivity index (χ1v) is 5.45. The molecule has 0 N–H and O–H groups in total. The summed E-state index contributed by atoms with van der Waals surface area (Å²) in [5, 5.41) is -1.76. The van der Waals surface area contributed by atoms with E-state index < -0.39 is 34.4 Å². The zero-order valence-corrected chi connectivity index (χ0v) is 9.88. The van der Waals surface area contributed by atoms with Crippen LogP contribution in [-0.2, 0) is 14.3 Å². The van der Waals surface area contributed by atoms with Crippen LogP contribution in [0.2, 0.25) is 0 Å². The third kappa shape index (κ3) is 5.71. The SMILES string of the molecule is CCOC(=O)C(=C(F)SCC(C)=O)C(F)(F)F. The van der Waals surface area contributed by atoms with Crippen LogP contribution in [0.4, 0.5) is 17.6 Å². The Balaban J connectivity index is 5.08. The summed E-state index contributed by atoms with van der Waals surface area (Å²) in [6.45, 7) is 2.09. The summed E-state index contributed by atoms with van der Waals surface area (Å²) in [5.74, 6) is -2.77. The Morgan fingerprint density at radius 3 is 2.18 bits per heavy atom. The second-order valence-corrected chi connectivity index (χ2v) is 3.79. The molecule has 0 rings (SSSR count). The highest BCUT2D eigenvalue weighted by molar-refractivity contribution is 8.03. The van der Waals surface area contributed by atoms with Crippen molar-refractivity contribution < 1.29 is 31.9 Å². The topological polar surface area (TPSA) is 43.4 Å². The standard InChI is InChI=1S/C9H10F4O3S/c1-3-16-8(15)6(9(11,12)13)7(10)17-4-5(2)14/h3-4H2,1-2H3. The van der Waals surface area contributed by atoms with Gasteiger partial charge in [-0.1, -0.05) is 11.8 Å². The molecule has 0 aromatic rings. The number of carbonyl (C=O) groups is 2. The molecular formula is C9H10F4O3S. The summed E-state index contributed by atoms with van der Waals surface area (Å²) in [7, 11) is 0. The Morgan fingerprint density at radius 2 is 1.82 bits per heavy atom. The Labute approximate surface area is 99.2 Å². The summed E-state index contributed by atoms with van der Waals surface area (Å²) < 4.78 is 54.4. The zero-order chi connectivity index (χ0) is 13.6. The molecule has 0 aliphatic rings. The molecule has 0 aromatic heterocycles. The lowest BCUT2D eigenvalue weighted by Crippen LogP contribution is -2.23. The number of ether oxygens (including phenoxy) is 1. The molecule has 0 fully saturated rings. The number of halogens is 4. The fourth-order valence-corrected chi connectivity index (χ4v) is 1.42. The van der Waals surface area contributed by atoms with E-state index in [1.807, 2.05) is 0 Å². The maximum absolute atomic E-state index is 13.2. The predicted molar refractivity (Wildman–Crippen MR) is 54.0 cm³/mol. The number of rotatable bonds is 5. The summed E-state index contributed by atoms with van der Waals surface area (Å²) in [4.78, 5) is 21.4. The van der Waals surface area contributed by atoms with Gasteiger partial charge in [0.2, 0.25) is 0 Å². The van der Waals surface area contributed by atoms with E-state index in [1.165, 1.54) is 6.92 Å². The van der Waals surface area contributed by atoms with Gasteiger partial charge in [-0.25, -0.2) is 4.79 Å². The molecule has 17 heavy (non-hydrogen) atoms. The first kappa shape index (κ1) is 16.0. The molecule has 0 saturated heterocycles. The molecule has 0 spiro atoms. The van der Waals surface area contributed by atoms with E-state index in [2.05, 4.69) is 4.74 Å². The second kappa shape index (κ2) is 6.63. The van der Waals surface area contributed by atoms with Crippen LogP contribution in [0.15, 0.2) is 10.7 Å². The summed E-state index contributed by atoms with van der Waals surface area (Å²) in [5.41, 5.74) is -2.01. The number of esters is 1. The van der Waals surface area contributed by atoms with Gasteiger partial charge >= 0.3 is 12.1 Å². The van der Waals surface area contributed by atoms with Gasteiger partial charge in [0.15, 0.2) is 10.7 Å². The van der Waals surface area contributed by atoms with Crippen LogP contribution >= 0.6 is 11.8 Å². The highest BCUT2D eigenvalue weighted by Crippen LogP contribution is 2.34. The first-order valence-electron chi connectivity index (χ1n) is 4.46. The van der Waals surface area contributed by atoms with Gasteiger partial charge in [0.05, 0.1) is 12.4 Å². The van der Waals surface area contributed by atoms with Crippen molar-refractivity contribution in [1.82, 2.24) is 0 Å². The van der Waals surface area contributed by atoms with Gasteiger partial charge in [0.25, 0.3) is 0 Å². The summed E-state index contributed by atoms with van der Waals surface area (Å²) >= 11 is 0.0163. The highest BCUT2D eigenvalue weighted by atomic mass is 32.2. The third-order valence-electron chi connectivity index (χ3n) is 1.36. The number of hydrogen-bond donors (Lipinski definition) is 0. The van der Waals surface area contributed by atoms with Crippen molar-refractivity contribution >= 4 is 23.5 Å². The number of thioether (sulfide) groups is 1. The number of Topliss-reactive ketones (excluding diaryl/α,β-unsaturated/α-hetero) is 1. The molecule has 0 bridgehead atoms. The molecule has 0 radical (unpaired) electrons. The van der Waals surface area contributed by atoms with E-state index in [-0.39, 0.29) is 18.4 Å². The van der Waals surface area contributed by atoms with Crippen molar-refractivity contribution in [3.63, 3.8) is 0 Å². The van der Waals surface area contributed by atoms with Crippen molar-refractivity contribution in [2.45, 2.75) is 20.0 Å². The summed E-state index contributed by atoms with van der Waals surface area (Å²) in [6, 6.07) is 0. The Kier molecular flexibility index (Phi) is 6.22. The average molecular weight is 274 g/mol. The van der Waals surface area contributed by atoms with E-state index in [1.54, 1.807) is 0 Å². The maximum atomic E-state index is 13.2. The molecule has 0 aliphatic carbocycles. The monoisotopic (exact) mass is 274 g/mol. The van der Waals surface area contributed by atoms with Crippen molar-refractivity contribution in [3.05, 3.63) is 10.7 Å². The van der Waals surface area contributed by atoms with Gasteiger partial charge in [0, 0.05) is 0 Å². The molecule has 0 unspecified atom stereocenters. The Bertz CT molecular complexity index is 336. The quantitative estimate of drug-likeness (QED) is 0.439. The Morgan fingerprint density at radius 1 is 1.29 bits per heavy atom. The lowest BCUT2D eigenvalue weighted by Gasteiger charge is -2.11. The van der Waals surface area contributed by atoms with E-state index in [0.29, 0.717) is 0 Å². The second-order valence-electron chi connectivity index (χ2n) is 2.86. The van der Waals surface area contributed by atoms with Gasteiger partial charge in [-0.15, -0.1) is 0 Å². The molecule has 0 aliphatic heterocycles. The maximum Gasteiger partial charge on any atom is 0.426 e. The van der Waals surface area contributed by atoms with Gasteiger partial charge in [0.1, 0.15) is 5.78 Å². The average Bonchev–Trinajstić information content (AvgIpc) is 2.12. The van der Waals surface area contributed by atoms with E-state index in [9.17, 15) is 27.2 Å². The van der Waals surface area contributed by atoms with Gasteiger partial charge in [-0.3, -0.25) is 4.79 Å². The largest absolute Gasteiger partial charge is 0.462 e. The lowest BCUT2D eigenvalue weighted by molar-refractivity contribution is -0.150. The van der Waals surface area contributed by atoms with Gasteiger partial charge < -0.3 is 4.74 Å². The van der Waals surface area contributed by atoms with Crippen molar-refractivity contribution in [3.8, 4) is 0 Å². The highest BCUT2D eigenvalue weighted by Gasteiger charge is 2.43. The molecule has 0 aromatic carbocycles. The zero-order valence-electron chi connectivity index (χ0n) is 9.06. The molecule has 8 heteroatoms. The van der Waals surface area contributed by atoms with Crippen LogP contribution in [0, 0.1) is 0 Å². The van der Waals surface area contributed by atoms with Crippen molar-refractivity contribution in [2.24, 2.45) is 0 Å². The lowest BCUT2D eigenvalue weighted by atomic mass is 10.3. The van der Waals surface area contributed by atoms with E-state index >= 15 is 0 Å². The van der Waals surface area contributed by atoms with Crippen LogP contribution < -0.4 is 0 Å². The van der Waals surface area contributed by atoms with Crippen LogP contribution in [-0.4, -0.2) is 30.3 Å². The first-order chi connectivity index (χ1) is 7.70. The fraction of sp³-hybridized carbons (Fsp3) is 0.556. The number of alkyl halides is 3. The molecule has 0 heterocycles. The van der Waals surface area contributed by atoms with Gasteiger partial charge in [-0.05, 0) is 13.8 Å². The number of ketones is 1. The normalized spacial score (nSPS) is 13.1. The number of carbonyl (C=O) groups excluding carboxylic acids is 2. The minimum atomic E-state index is -5.15.